The third-order valence-corrected chi connectivity index (χ3v) is 10.3. The monoisotopic (exact) mass is 622 g/mol. The first-order valence-corrected chi connectivity index (χ1v) is 18.7. The van der Waals surface area contributed by atoms with Gasteiger partial charge in [0.05, 0.1) is 42.5 Å². The summed E-state index contributed by atoms with van der Waals surface area (Å²) in [7, 11) is 0. The van der Waals surface area contributed by atoms with Gasteiger partial charge >= 0.3 is 5.97 Å². The van der Waals surface area contributed by atoms with E-state index in [2.05, 4.69) is 6.92 Å². The van der Waals surface area contributed by atoms with E-state index in [9.17, 15) is 19.8 Å². The summed E-state index contributed by atoms with van der Waals surface area (Å²) in [5.74, 6) is -0.348. The minimum absolute atomic E-state index is 0.00211. The molecule has 0 saturated carbocycles. The van der Waals surface area contributed by atoms with Crippen LogP contribution in [-0.2, 0) is 23.8 Å². The van der Waals surface area contributed by atoms with Gasteiger partial charge in [0.2, 0.25) is 0 Å². The molecule has 0 aromatic heterocycles. The molecule has 0 spiro atoms. The lowest BCUT2D eigenvalue weighted by atomic mass is 9.96. The molecule has 3 aliphatic heterocycles. The zero-order chi connectivity index (χ0) is 31.6. The summed E-state index contributed by atoms with van der Waals surface area (Å²) in [5, 5.41) is 21.4. The van der Waals surface area contributed by atoms with Crippen molar-refractivity contribution in [2.24, 2.45) is 5.92 Å². The summed E-state index contributed by atoms with van der Waals surface area (Å²) >= 11 is 0. The quantitative estimate of drug-likeness (QED) is 0.0782. The van der Waals surface area contributed by atoms with Crippen LogP contribution in [0.2, 0.25) is 0 Å². The van der Waals surface area contributed by atoms with Crippen molar-refractivity contribution in [3.63, 3.8) is 0 Å². The van der Waals surface area contributed by atoms with Crippen molar-refractivity contribution in [3.8, 4) is 0 Å². The van der Waals surface area contributed by atoms with Gasteiger partial charge in [-0.25, -0.2) is 0 Å². The molecule has 3 fully saturated rings. The number of aliphatic hydroxyl groups excluding tert-OH is 2. The molecule has 1 unspecified atom stereocenters. The molecule has 0 aromatic rings. The number of hydrogen-bond acceptors (Lipinski definition) is 7. The number of aliphatic hydroxyl groups is 2. The number of Topliss-reactive ketones (excluding diaryl/α,β-unsaturated/α-hetero) is 1. The van der Waals surface area contributed by atoms with Crippen LogP contribution in [0.25, 0.3) is 0 Å². The van der Waals surface area contributed by atoms with E-state index >= 15 is 0 Å². The minimum atomic E-state index is -0.399. The molecule has 7 heteroatoms. The Bertz CT molecular complexity index is 788. The number of esters is 1. The zero-order valence-electron chi connectivity index (χ0n) is 28.2. The van der Waals surface area contributed by atoms with Crippen LogP contribution in [-0.4, -0.2) is 64.7 Å². The molecule has 44 heavy (non-hydrogen) atoms. The van der Waals surface area contributed by atoms with Gasteiger partial charge < -0.3 is 29.2 Å². The van der Waals surface area contributed by atoms with Gasteiger partial charge in [-0.3, -0.25) is 4.79 Å². The number of cyclic esters (lactones) is 1. The maximum atomic E-state index is 11.9. The molecule has 8 atom stereocenters. The van der Waals surface area contributed by atoms with Gasteiger partial charge in [-0.15, -0.1) is 0 Å². The zero-order valence-corrected chi connectivity index (χ0v) is 28.2. The van der Waals surface area contributed by atoms with Gasteiger partial charge in [0.25, 0.3) is 0 Å². The highest BCUT2D eigenvalue weighted by Gasteiger charge is 2.40. The lowest BCUT2D eigenvalue weighted by molar-refractivity contribution is -0.145. The highest BCUT2D eigenvalue weighted by Crippen LogP contribution is 2.35. The molecule has 7 nitrogen and oxygen atoms in total. The van der Waals surface area contributed by atoms with Gasteiger partial charge in [-0.1, -0.05) is 103 Å². The van der Waals surface area contributed by atoms with Crippen LogP contribution < -0.4 is 0 Å². The maximum Gasteiger partial charge on any atom is 0.309 e. The second kappa shape index (κ2) is 21.7. The standard InChI is InChI=1S/C37H66O7/c1-3-4-5-6-7-11-14-17-20-31(39)33-22-24-35(43-33)36-25-23-34(44-36)32(40)21-18-15-12-9-8-10-13-16-19-30-27-29(26-28(2)38)37(41)42-30/h29-36,39-40H,3-27H2,1-2H3/t29?,30-,31-,32+,33+,34+,35-,36-/m1/s1. The number of carbonyl (C=O) groups excluding carboxylic acids is 2. The van der Waals surface area contributed by atoms with E-state index in [-0.39, 0.29) is 54.3 Å². The van der Waals surface area contributed by atoms with Crippen molar-refractivity contribution in [1.29, 1.82) is 0 Å². The Kier molecular flexibility index (Phi) is 18.5. The summed E-state index contributed by atoms with van der Waals surface area (Å²) in [6, 6.07) is 0. The predicted molar refractivity (Wildman–Crippen MR) is 174 cm³/mol. The molecular weight excluding hydrogens is 556 g/mol. The molecule has 0 radical (unpaired) electrons. The van der Waals surface area contributed by atoms with Crippen molar-refractivity contribution >= 4 is 11.8 Å². The van der Waals surface area contributed by atoms with Gasteiger partial charge in [0.1, 0.15) is 11.9 Å². The molecule has 3 aliphatic rings. The molecule has 0 aromatic carbocycles. The largest absolute Gasteiger partial charge is 0.462 e. The second-order valence-corrected chi connectivity index (χ2v) is 14.3. The molecule has 2 N–H and O–H groups in total. The molecular formula is C37H66O7. The first-order valence-electron chi connectivity index (χ1n) is 18.7. The Labute approximate surface area is 268 Å². The number of hydrogen-bond donors (Lipinski definition) is 2. The van der Waals surface area contributed by atoms with E-state index in [4.69, 9.17) is 14.2 Å². The Morgan fingerprint density at radius 1 is 0.705 bits per heavy atom. The number of ketones is 1. The first kappa shape index (κ1) is 37.4. The lowest BCUT2D eigenvalue weighted by Gasteiger charge is -2.24. The van der Waals surface area contributed by atoms with Crippen molar-refractivity contribution < 1.29 is 34.0 Å². The average Bonchev–Trinajstić information content (AvgIpc) is 3.75. The minimum Gasteiger partial charge on any atom is -0.462 e. The van der Waals surface area contributed by atoms with E-state index in [0.717, 1.165) is 77.0 Å². The van der Waals surface area contributed by atoms with Gasteiger partial charge in [0.15, 0.2) is 0 Å². The summed E-state index contributed by atoms with van der Waals surface area (Å²) in [4.78, 5) is 23.1. The topological polar surface area (TPSA) is 102 Å². The fourth-order valence-electron chi connectivity index (χ4n) is 7.55. The Balaban J connectivity index is 1.13. The van der Waals surface area contributed by atoms with Crippen LogP contribution in [0.1, 0.15) is 174 Å². The van der Waals surface area contributed by atoms with Crippen LogP contribution >= 0.6 is 0 Å². The number of ether oxygens (including phenoxy) is 3. The molecule has 0 amide bonds. The molecule has 0 aliphatic carbocycles. The van der Waals surface area contributed by atoms with Crippen molar-refractivity contribution in [3.05, 3.63) is 0 Å². The second-order valence-electron chi connectivity index (χ2n) is 14.3. The molecule has 3 saturated heterocycles. The molecule has 3 rings (SSSR count). The fraction of sp³-hybridized carbons (Fsp3) is 0.946. The summed E-state index contributed by atoms with van der Waals surface area (Å²) in [5.41, 5.74) is 0. The summed E-state index contributed by atoms with van der Waals surface area (Å²) in [6.07, 6.45) is 26.0. The van der Waals surface area contributed by atoms with Crippen molar-refractivity contribution in [1.82, 2.24) is 0 Å². The van der Waals surface area contributed by atoms with E-state index in [1.165, 1.54) is 77.6 Å². The third kappa shape index (κ3) is 14.2. The normalized spacial score (nSPS) is 28.4. The molecule has 3 heterocycles. The van der Waals surface area contributed by atoms with Crippen LogP contribution in [0.4, 0.5) is 0 Å². The van der Waals surface area contributed by atoms with Crippen LogP contribution in [0, 0.1) is 5.92 Å². The molecule has 256 valence electrons. The van der Waals surface area contributed by atoms with E-state index in [1.54, 1.807) is 0 Å². The third-order valence-electron chi connectivity index (χ3n) is 10.3. The van der Waals surface area contributed by atoms with Gasteiger partial charge in [-0.05, 0) is 64.7 Å². The van der Waals surface area contributed by atoms with Gasteiger partial charge in [0, 0.05) is 6.42 Å². The Morgan fingerprint density at radius 2 is 1.16 bits per heavy atom. The maximum absolute atomic E-state index is 11.9. The van der Waals surface area contributed by atoms with Crippen LogP contribution in [0.5, 0.6) is 0 Å². The van der Waals surface area contributed by atoms with Crippen molar-refractivity contribution in [2.45, 2.75) is 217 Å². The Hall–Kier alpha value is -1.02. The van der Waals surface area contributed by atoms with E-state index in [0.29, 0.717) is 12.8 Å². The number of carbonyl (C=O) groups is 2. The predicted octanol–water partition coefficient (Wildman–Crippen LogP) is 8.15. The fourth-order valence-corrected chi connectivity index (χ4v) is 7.55. The lowest BCUT2D eigenvalue weighted by Crippen LogP contribution is -2.33. The first-order chi connectivity index (χ1) is 21.4. The average molecular weight is 623 g/mol. The van der Waals surface area contributed by atoms with Crippen LogP contribution in [0.3, 0.4) is 0 Å². The summed E-state index contributed by atoms with van der Waals surface area (Å²) in [6.45, 7) is 3.79. The SMILES string of the molecule is CCCCCCCCCC[C@@H](O)[C@@H]1CC[C@H]([C@H]2CC[C@@H]([C@@H](O)CCCCCCCCCC[C@@H]3CC(CC(C)=O)C(=O)O3)O2)O1. The van der Waals surface area contributed by atoms with Gasteiger partial charge in [-0.2, -0.15) is 0 Å². The number of rotatable bonds is 25. The number of unbranched alkanes of at least 4 members (excludes halogenated alkanes) is 14. The summed E-state index contributed by atoms with van der Waals surface area (Å²) < 4.78 is 18.0. The van der Waals surface area contributed by atoms with Crippen LogP contribution in [0.15, 0.2) is 0 Å². The van der Waals surface area contributed by atoms with E-state index in [1.807, 2.05) is 0 Å². The highest BCUT2D eigenvalue weighted by molar-refractivity contribution is 5.83. The molecule has 0 bridgehead atoms. The highest BCUT2D eigenvalue weighted by atomic mass is 16.6. The smallest absolute Gasteiger partial charge is 0.309 e. The van der Waals surface area contributed by atoms with Crippen molar-refractivity contribution in [2.75, 3.05) is 0 Å². The van der Waals surface area contributed by atoms with E-state index < -0.39 is 6.10 Å². The Morgan fingerprint density at radius 3 is 1.64 bits per heavy atom.